The van der Waals surface area contributed by atoms with Crippen LogP contribution < -0.4 is 10.6 Å². The van der Waals surface area contributed by atoms with E-state index in [2.05, 4.69) is 16.7 Å². The summed E-state index contributed by atoms with van der Waals surface area (Å²) in [6.07, 6.45) is 4.00. The Morgan fingerprint density at radius 1 is 1.26 bits per heavy atom. The van der Waals surface area contributed by atoms with Gasteiger partial charge in [-0.25, -0.2) is 0 Å². The number of aromatic hydroxyl groups is 2. The van der Waals surface area contributed by atoms with Crippen molar-refractivity contribution in [2.45, 2.75) is 12.8 Å². The van der Waals surface area contributed by atoms with Gasteiger partial charge in [0.2, 0.25) is 0 Å². The molecule has 0 spiro atoms. The molecule has 1 aliphatic rings. The van der Waals surface area contributed by atoms with Crippen molar-refractivity contribution < 1.29 is 15.0 Å². The highest BCUT2D eigenvalue weighted by Gasteiger charge is 2.09. The Hall–Kier alpha value is -2.01. The highest BCUT2D eigenvalue weighted by molar-refractivity contribution is 5.95. The molecule has 0 aromatic heterocycles. The summed E-state index contributed by atoms with van der Waals surface area (Å²) < 4.78 is 0. The Labute approximate surface area is 112 Å². The average Bonchev–Trinajstić information content (AvgIpc) is 2.38. The first-order valence-corrected chi connectivity index (χ1v) is 6.35. The number of carbonyl (C=O) groups excluding carboxylic acids is 1. The summed E-state index contributed by atoms with van der Waals surface area (Å²) in [5.41, 5.74) is 1.61. The van der Waals surface area contributed by atoms with E-state index in [1.54, 1.807) is 0 Å². The first kappa shape index (κ1) is 13.4. The maximum absolute atomic E-state index is 11.8. The number of phenolic OH excluding ortho intramolecular Hbond substituents is 2. The number of amides is 1. The van der Waals surface area contributed by atoms with Gasteiger partial charge in [-0.2, -0.15) is 0 Å². The zero-order valence-corrected chi connectivity index (χ0v) is 10.6. The smallest absolute Gasteiger partial charge is 0.251 e. The van der Waals surface area contributed by atoms with E-state index in [4.69, 9.17) is 0 Å². The van der Waals surface area contributed by atoms with Gasteiger partial charge in [-0.1, -0.05) is 11.6 Å². The maximum atomic E-state index is 11.8. The highest BCUT2D eigenvalue weighted by Crippen LogP contribution is 2.20. The minimum absolute atomic E-state index is 0.119. The average molecular weight is 262 g/mol. The van der Waals surface area contributed by atoms with E-state index in [9.17, 15) is 15.0 Å². The third-order valence-electron chi connectivity index (χ3n) is 3.05. The third-order valence-corrected chi connectivity index (χ3v) is 3.05. The van der Waals surface area contributed by atoms with Gasteiger partial charge in [-0.3, -0.25) is 4.79 Å². The molecule has 1 heterocycles. The van der Waals surface area contributed by atoms with Crippen LogP contribution in [0.5, 0.6) is 11.5 Å². The summed E-state index contributed by atoms with van der Waals surface area (Å²) in [6, 6.07) is 3.86. The molecule has 5 nitrogen and oxygen atoms in total. The number of nitrogens with one attached hydrogen (secondary N) is 2. The van der Waals surface area contributed by atoms with E-state index >= 15 is 0 Å². The molecule has 19 heavy (non-hydrogen) atoms. The van der Waals surface area contributed by atoms with Gasteiger partial charge in [0.15, 0.2) is 0 Å². The summed E-state index contributed by atoms with van der Waals surface area (Å²) in [6.45, 7) is 2.44. The number of benzene rings is 1. The topological polar surface area (TPSA) is 81.6 Å². The Balaban J connectivity index is 1.85. The number of hydrogen-bond acceptors (Lipinski definition) is 4. The summed E-state index contributed by atoms with van der Waals surface area (Å²) in [7, 11) is 0. The Morgan fingerprint density at radius 3 is 2.63 bits per heavy atom. The Bertz CT molecular complexity index is 477. The normalized spacial score (nSPS) is 14.8. The monoisotopic (exact) mass is 262 g/mol. The fraction of sp³-hybridized carbons (Fsp3) is 0.357. The number of carbonyl (C=O) groups is 1. The molecule has 0 atom stereocenters. The van der Waals surface area contributed by atoms with Crippen LogP contribution in [0.4, 0.5) is 0 Å². The third kappa shape index (κ3) is 3.99. The van der Waals surface area contributed by atoms with Gasteiger partial charge in [0, 0.05) is 24.7 Å². The van der Waals surface area contributed by atoms with Gasteiger partial charge >= 0.3 is 0 Å². The molecule has 0 saturated heterocycles. The lowest BCUT2D eigenvalue weighted by molar-refractivity contribution is 0.0953. The van der Waals surface area contributed by atoms with Gasteiger partial charge in [-0.15, -0.1) is 0 Å². The quantitative estimate of drug-likeness (QED) is 0.613. The van der Waals surface area contributed by atoms with Crippen LogP contribution in [-0.2, 0) is 0 Å². The van der Waals surface area contributed by atoms with E-state index in [0.29, 0.717) is 6.54 Å². The second kappa shape index (κ2) is 6.24. The lowest BCUT2D eigenvalue weighted by atomic mass is 10.1. The molecule has 0 aliphatic carbocycles. The molecule has 5 heteroatoms. The molecular weight excluding hydrogens is 244 g/mol. The van der Waals surface area contributed by atoms with Crippen LogP contribution in [-0.4, -0.2) is 35.8 Å². The van der Waals surface area contributed by atoms with E-state index in [1.165, 1.54) is 23.8 Å². The molecule has 1 aromatic carbocycles. The molecule has 0 unspecified atom stereocenters. The maximum Gasteiger partial charge on any atom is 0.251 e. The largest absolute Gasteiger partial charge is 0.508 e. The second-order valence-electron chi connectivity index (χ2n) is 4.56. The van der Waals surface area contributed by atoms with Crippen LogP contribution in [0.2, 0.25) is 0 Å². The van der Waals surface area contributed by atoms with E-state index in [0.717, 1.165) is 25.9 Å². The Kier molecular flexibility index (Phi) is 4.41. The highest BCUT2D eigenvalue weighted by atomic mass is 16.3. The van der Waals surface area contributed by atoms with E-state index in [-0.39, 0.29) is 23.0 Å². The number of hydrogen-bond donors (Lipinski definition) is 4. The standard InChI is InChI=1S/C14H18N2O3/c17-12-7-11(8-13(18)9-12)14(19)16-6-3-10-1-4-15-5-2-10/h1,7-9,15,17-18H,2-6H2,(H,16,19). The van der Waals surface area contributed by atoms with Gasteiger partial charge in [0.1, 0.15) is 11.5 Å². The van der Waals surface area contributed by atoms with Crippen LogP contribution in [0.15, 0.2) is 29.8 Å². The molecule has 4 N–H and O–H groups in total. The zero-order valence-electron chi connectivity index (χ0n) is 10.6. The molecule has 2 rings (SSSR count). The van der Waals surface area contributed by atoms with Crippen LogP contribution in [0.1, 0.15) is 23.2 Å². The van der Waals surface area contributed by atoms with Gasteiger partial charge < -0.3 is 20.8 Å². The van der Waals surface area contributed by atoms with Crippen molar-refractivity contribution in [3.05, 3.63) is 35.4 Å². The van der Waals surface area contributed by atoms with Crippen LogP contribution in [0.3, 0.4) is 0 Å². The van der Waals surface area contributed by atoms with Gasteiger partial charge in [0.25, 0.3) is 5.91 Å². The SMILES string of the molecule is O=C(NCCC1=CCNCC1)c1cc(O)cc(O)c1. The van der Waals surface area contributed by atoms with Crippen molar-refractivity contribution in [3.8, 4) is 11.5 Å². The summed E-state index contributed by atoms with van der Waals surface area (Å²) in [4.78, 5) is 11.8. The van der Waals surface area contributed by atoms with Gasteiger partial charge in [-0.05, 0) is 31.5 Å². The number of phenols is 2. The summed E-state index contributed by atoms with van der Waals surface area (Å²) >= 11 is 0. The van der Waals surface area contributed by atoms with Crippen molar-refractivity contribution in [2.75, 3.05) is 19.6 Å². The first-order valence-electron chi connectivity index (χ1n) is 6.35. The van der Waals surface area contributed by atoms with Gasteiger partial charge in [0.05, 0.1) is 0 Å². The lowest BCUT2D eigenvalue weighted by Gasteiger charge is -2.14. The molecule has 1 aromatic rings. The fourth-order valence-electron chi connectivity index (χ4n) is 2.06. The van der Waals surface area contributed by atoms with Crippen LogP contribution in [0.25, 0.3) is 0 Å². The summed E-state index contributed by atoms with van der Waals surface area (Å²) in [5, 5.41) is 24.6. The van der Waals surface area contributed by atoms with Crippen molar-refractivity contribution in [1.82, 2.24) is 10.6 Å². The first-order chi connectivity index (χ1) is 9.15. The molecule has 0 radical (unpaired) electrons. The predicted molar refractivity (Wildman–Crippen MR) is 72.3 cm³/mol. The molecule has 0 bridgehead atoms. The van der Waals surface area contributed by atoms with Crippen molar-refractivity contribution >= 4 is 5.91 Å². The molecule has 1 amide bonds. The minimum Gasteiger partial charge on any atom is -0.508 e. The lowest BCUT2D eigenvalue weighted by Crippen LogP contribution is -2.26. The Morgan fingerprint density at radius 2 is 2.00 bits per heavy atom. The van der Waals surface area contributed by atoms with Crippen molar-refractivity contribution in [1.29, 1.82) is 0 Å². The van der Waals surface area contributed by atoms with Crippen molar-refractivity contribution in [3.63, 3.8) is 0 Å². The molecule has 0 saturated carbocycles. The van der Waals surface area contributed by atoms with E-state index < -0.39 is 0 Å². The molecular formula is C14H18N2O3. The molecule has 1 aliphatic heterocycles. The minimum atomic E-state index is -0.291. The predicted octanol–water partition coefficient (Wildman–Crippen LogP) is 1.14. The van der Waals surface area contributed by atoms with Crippen LogP contribution in [0, 0.1) is 0 Å². The van der Waals surface area contributed by atoms with Crippen molar-refractivity contribution in [2.24, 2.45) is 0 Å². The fourth-order valence-corrected chi connectivity index (χ4v) is 2.06. The second-order valence-corrected chi connectivity index (χ2v) is 4.56. The van der Waals surface area contributed by atoms with Crippen LogP contribution >= 0.6 is 0 Å². The zero-order chi connectivity index (χ0) is 13.7. The summed E-state index contributed by atoms with van der Waals surface area (Å²) in [5.74, 6) is -0.529. The van der Waals surface area contributed by atoms with E-state index in [1.807, 2.05) is 0 Å². The molecule has 0 fully saturated rings. The number of rotatable bonds is 4. The molecule has 102 valence electrons.